The number of fused-ring (bicyclic) bond motifs is 1. The van der Waals surface area contributed by atoms with Crippen LogP contribution < -0.4 is 10.5 Å². The lowest BCUT2D eigenvalue weighted by Crippen LogP contribution is -2.10. The van der Waals surface area contributed by atoms with E-state index < -0.39 is 10.0 Å². The Bertz CT molecular complexity index is 853. The molecule has 20 heavy (non-hydrogen) atoms. The van der Waals surface area contributed by atoms with Gasteiger partial charge in [0, 0.05) is 12.3 Å². The minimum absolute atomic E-state index is 0.0268. The lowest BCUT2D eigenvalue weighted by molar-refractivity contribution is 0.599. The Hall–Kier alpha value is -2.04. The highest BCUT2D eigenvalue weighted by atomic mass is 32.2. The van der Waals surface area contributed by atoms with Crippen LogP contribution in [-0.4, -0.2) is 28.0 Å². The van der Waals surface area contributed by atoms with Gasteiger partial charge in [0.25, 0.3) is 0 Å². The number of hydrogen-bond acceptors (Lipinski definition) is 7. The van der Waals surface area contributed by atoms with E-state index in [4.69, 9.17) is 5.14 Å². The molecule has 3 aromatic rings. The molecular weight excluding hydrogens is 300 g/mol. The minimum Gasteiger partial charge on any atom is -0.356 e. The molecule has 0 atom stereocenters. The topological polar surface area (TPSA) is 115 Å². The summed E-state index contributed by atoms with van der Waals surface area (Å²) >= 11 is 0.986. The highest BCUT2D eigenvalue weighted by Crippen LogP contribution is 2.21. The van der Waals surface area contributed by atoms with E-state index >= 15 is 0 Å². The molecule has 104 valence electrons. The van der Waals surface area contributed by atoms with Crippen LogP contribution in [0, 0.1) is 0 Å². The predicted octanol–water partition coefficient (Wildman–Crippen LogP) is 0.445. The van der Waals surface area contributed by atoms with Crippen LogP contribution in [0.4, 0.5) is 5.13 Å². The van der Waals surface area contributed by atoms with Gasteiger partial charge < -0.3 is 5.32 Å². The fraction of sp³-hybridized carbons (Fsp3) is 0.100. The third kappa shape index (κ3) is 2.48. The summed E-state index contributed by atoms with van der Waals surface area (Å²) in [7, 11) is -3.70. The Morgan fingerprint density at radius 3 is 2.90 bits per heavy atom. The second-order valence-corrected chi connectivity index (χ2v) is 6.74. The summed E-state index contributed by atoms with van der Waals surface area (Å²) in [6.45, 7) is 0.443. The molecule has 10 heteroatoms. The molecule has 0 fully saturated rings. The molecule has 0 unspecified atom stereocenters. The third-order valence-electron chi connectivity index (χ3n) is 2.55. The Kier molecular flexibility index (Phi) is 3.12. The highest BCUT2D eigenvalue weighted by molar-refractivity contribution is 7.91. The Balaban J connectivity index is 1.80. The van der Waals surface area contributed by atoms with Crippen molar-refractivity contribution < 1.29 is 8.42 Å². The molecule has 0 radical (unpaired) electrons. The first-order valence-corrected chi connectivity index (χ1v) is 7.90. The van der Waals surface area contributed by atoms with Crippen molar-refractivity contribution in [1.29, 1.82) is 0 Å². The number of anilines is 1. The standard InChI is InChI=1S/C10H10N6O2S2/c11-20(17,18)9-6-14-10(19-9)13-5-7-1-3-12-8-2-4-15-16(7)8/h1-4,6H,5H2,(H,13,14)(H2,11,17,18). The zero-order valence-electron chi connectivity index (χ0n) is 10.1. The van der Waals surface area contributed by atoms with E-state index in [-0.39, 0.29) is 4.21 Å². The number of nitrogens with zero attached hydrogens (tertiary/aromatic N) is 4. The number of rotatable bonds is 4. The van der Waals surface area contributed by atoms with E-state index in [1.54, 1.807) is 23.0 Å². The maximum Gasteiger partial charge on any atom is 0.249 e. The molecule has 8 nitrogen and oxygen atoms in total. The van der Waals surface area contributed by atoms with Crippen molar-refractivity contribution in [3.8, 4) is 0 Å². The molecule has 0 aliphatic heterocycles. The van der Waals surface area contributed by atoms with E-state index in [9.17, 15) is 8.42 Å². The first-order chi connectivity index (χ1) is 9.54. The number of sulfonamides is 1. The summed E-state index contributed by atoms with van der Waals surface area (Å²) in [6.07, 6.45) is 4.58. The van der Waals surface area contributed by atoms with Gasteiger partial charge in [-0.1, -0.05) is 11.3 Å². The molecule has 0 saturated heterocycles. The maximum absolute atomic E-state index is 11.2. The highest BCUT2D eigenvalue weighted by Gasteiger charge is 2.12. The molecule has 3 aromatic heterocycles. The van der Waals surface area contributed by atoms with Crippen LogP contribution in [0.25, 0.3) is 5.65 Å². The van der Waals surface area contributed by atoms with Gasteiger partial charge in [-0.25, -0.2) is 28.0 Å². The molecule has 3 N–H and O–H groups in total. The van der Waals surface area contributed by atoms with Crippen LogP contribution in [0.3, 0.4) is 0 Å². The van der Waals surface area contributed by atoms with E-state index in [1.165, 1.54) is 6.20 Å². The van der Waals surface area contributed by atoms with Crippen molar-refractivity contribution in [2.24, 2.45) is 5.14 Å². The maximum atomic E-state index is 11.2. The fourth-order valence-electron chi connectivity index (χ4n) is 1.66. The van der Waals surface area contributed by atoms with Crippen LogP contribution in [0.15, 0.2) is 34.9 Å². The lowest BCUT2D eigenvalue weighted by atomic mass is 10.4. The van der Waals surface area contributed by atoms with Crippen molar-refractivity contribution in [3.63, 3.8) is 0 Å². The van der Waals surface area contributed by atoms with Crippen LogP contribution in [0.1, 0.15) is 5.69 Å². The largest absolute Gasteiger partial charge is 0.356 e. The van der Waals surface area contributed by atoms with Gasteiger partial charge in [0.2, 0.25) is 10.0 Å². The average Bonchev–Trinajstić information content (AvgIpc) is 3.04. The van der Waals surface area contributed by atoms with Crippen molar-refractivity contribution in [2.75, 3.05) is 5.32 Å². The van der Waals surface area contributed by atoms with E-state index in [1.807, 2.05) is 6.07 Å². The SMILES string of the molecule is NS(=O)(=O)c1cnc(NCc2ccnc3ccnn23)s1. The van der Waals surface area contributed by atoms with Crippen molar-refractivity contribution in [1.82, 2.24) is 19.6 Å². The van der Waals surface area contributed by atoms with Crippen LogP contribution >= 0.6 is 11.3 Å². The van der Waals surface area contributed by atoms with Gasteiger partial charge in [-0.3, -0.25) is 0 Å². The van der Waals surface area contributed by atoms with Crippen molar-refractivity contribution in [3.05, 3.63) is 36.4 Å². The normalized spacial score (nSPS) is 11.8. The first kappa shape index (κ1) is 13.0. The number of nitrogens with one attached hydrogen (secondary N) is 1. The van der Waals surface area contributed by atoms with Crippen LogP contribution in [0.5, 0.6) is 0 Å². The van der Waals surface area contributed by atoms with E-state index in [0.29, 0.717) is 11.7 Å². The summed E-state index contributed by atoms with van der Waals surface area (Å²) in [5.41, 5.74) is 1.63. The number of aromatic nitrogens is 4. The second kappa shape index (κ2) is 4.81. The summed E-state index contributed by atoms with van der Waals surface area (Å²) < 4.78 is 24.0. The molecule has 3 heterocycles. The summed E-state index contributed by atoms with van der Waals surface area (Å²) in [5.74, 6) is 0. The Morgan fingerprint density at radius 1 is 1.30 bits per heavy atom. The molecule has 0 amide bonds. The zero-order valence-corrected chi connectivity index (χ0v) is 11.7. The van der Waals surface area contributed by atoms with Crippen molar-refractivity contribution in [2.45, 2.75) is 10.8 Å². The predicted molar refractivity (Wildman–Crippen MR) is 73.8 cm³/mol. The van der Waals surface area contributed by atoms with Crippen molar-refractivity contribution >= 4 is 32.1 Å². The summed E-state index contributed by atoms with van der Waals surface area (Å²) in [5, 5.41) is 12.7. The molecule has 3 rings (SSSR count). The van der Waals surface area contributed by atoms with Gasteiger partial charge in [0.1, 0.15) is 0 Å². The molecule has 0 aromatic carbocycles. The third-order valence-corrected chi connectivity index (χ3v) is 4.92. The second-order valence-electron chi connectivity index (χ2n) is 3.92. The number of hydrogen-bond donors (Lipinski definition) is 2. The molecule has 0 bridgehead atoms. The monoisotopic (exact) mass is 310 g/mol. The number of primary sulfonamides is 1. The summed E-state index contributed by atoms with van der Waals surface area (Å²) in [6, 6.07) is 3.62. The first-order valence-electron chi connectivity index (χ1n) is 5.54. The molecular formula is C10H10N6O2S2. The van der Waals surface area contributed by atoms with Gasteiger partial charge in [0.05, 0.1) is 24.6 Å². The number of nitrogens with two attached hydrogens (primary N) is 1. The fourth-order valence-corrected chi connectivity index (χ4v) is 3.11. The smallest absolute Gasteiger partial charge is 0.249 e. The number of thiazole rings is 1. The van der Waals surface area contributed by atoms with Gasteiger partial charge in [-0.15, -0.1) is 0 Å². The quantitative estimate of drug-likeness (QED) is 0.722. The van der Waals surface area contributed by atoms with E-state index in [0.717, 1.165) is 22.7 Å². The molecule has 0 saturated carbocycles. The van der Waals surface area contributed by atoms with Gasteiger partial charge >= 0.3 is 0 Å². The van der Waals surface area contributed by atoms with Gasteiger partial charge in [-0.05, 0) is 6.07 Å². The molecule has 0 aliphatic rings. The Labute approximate surface area is 118 Å². The van der Waals surface area contributed by atoms with Gasteiger partial charge in [-0.2, -0.15) is 5.10 Å². The molecule has 0 aliphatic carbocycles. The zero-order chi connectivity index (χ0) is 14.2. The summed E-state index contributed by atoms with van der Waals surface area (Å²) in [4.78, 5) is 8.13. The van der Waals surface area contributed by atoms with Crippen LogP contribution in [-0.2, 0) is 16.6 Å². The Morgan fingerprint density at radius 2 is 2.15 bits per heavy atom. The van der Waals surface area contributed by atoms with E-state index in [2.05, 4.69) is 20.4 Å². The van der Waals surface area contributed by atoms with Crippen LogP contribution in [0.2, 0.25) is 0 Å². The van der Waals surface area contributed by atoms with Gasteiger partial charge in [0.15, 0.2) is 15.0 Å². The average molecular weight is 310 g/mol. The molecule has 0 spiro atoms. The lowest BCUT2D eigenvalue weighted by Gasteiger charge is -2.04. The minimum atomic E-state index is -3.70.